The maximum atomic E-state index is 12.1. The quantitative estimate of drug-likeness (QED) is 0.658. The third kappa shape index (κ3) is 3.32. The molecule has 0 amide bonds. The van der Waals surface area contributed by atoms with E-state index in [-0.39, 0.29) is 17.2 Å². The lowest BCUT2D eigenvalue weighted by Gasteiger charge is -2.04. The number of aromatic amines is 1. The molecule has 1 heterocycles. The maximum Gasteiger partial charge on any atom is 0.343 e. The Morgan fingerprint density at radius 1 is 1.45 bits per heavy atom. The number of halogens is 1. The number of Topliss-reactive ketones (excluding diaryl/α,β-unsaturated/α-hetero) is 1. The van der Waals surface area contributed by atoms with E-state index in [2.05, 4.69) is 10.2 Å². The van der Waals surface area contributed by atoms with Crippen molar-refractivity contribution in [3.8, 4) is 0 Å². The molecule has 106 valence electrons. The minimum absolute atomic E-state index is 0.0842. The van der Waals surface area contributed by atoms with Crippen LogP contribution in [-0.2, 0) is 6.54 Å². The van der Waals surface area contributed by atoms with Crippen LogP contribution in [0.25, 0.3) is 0 Å². The molecular formula is C13H14ClN3O2S. The number of thioether (sulfide) groups is 1. The molecule has 1 aromatic heterocycles. The van der Waals surface area contributed by atoms with Crippen LogP contribution < -0.4 is 5.69 Å². The predicted molar refractivity (Wildman–Crippen MR) is 79.6 cm³/mol. The summed E-state index contributed by atoms with van der Waals surface area (Å²) in [6.07, 6.45) is 0.825. The highest BCUT2D eigenvalue weighted by Crippen LogP contribution is 2.20. The van der Waals surface area contributed by atoms with Crippen molar-refractivity contribution in [2.75, 3.05) is 5.75 Å². The summed E-state index contributed by atoms with van der Waals surface area (Å²) in [6, 6.07) is 6.92. The maximum absolute atomic E-state index is 12.1. The molecule has 0 saturated carbocycles. The van der Waals surface area contributed by atoms with Crippen LogP contribution in [0.3, 0.4) is 0 Å². The number of H-pyrrole nitrogens is 1. The smallest absolute Gasteiger partial charge is 0.293 e. The van der Waals surface area contributed by atoms with Gasteiger partial charge in [0.25, 0.3) is 0 Å². The van der Waals surface area contributed by atoms with Crippen LogP contribution in [0.5, 0.6) is 0 Å². The molecule has 0 aliphatic heterocycles. The molecule has 0 fully saturated rings. The summed E-state index contributed by atoms with van der Waals surface area (Å²) < 4.78 is 1.53. The Labute approximate surface area is 125 Å². The van der Waals surface area contributed by atoms with Gasteiger partial charge >= 0.3 is 5.69 Å². The fourth-order valence-corrected chi connectivity index (χ4v) is 2.83. The third-order valence-corrected chi connectivity index (χ3v) is 3.98. The van der Waals surface area contributed by atoms with Crippen molar-refractivity contribution in [2.24, 2.45) is 0 Å². The Balaban J connectivity index is 2.08. The number of nitrogens with zero attached hydrogens (tertiary/aromatic N) is 2. The summed E-state index contributed by atoms with van der Waals surface area (Å²) in [5, 5.41) is 7.28. The SMILES string of the molecule is CCCn1c(SCC(=O)c2ccccc2Cl)n[nH]c1=O. The zero-order valence-corrected chi connectivity index (χ0v) is 12.5. The van der Waals surface area contributed by atoms with E-state index in [1.807, 2.05) is 6.92 Å². The molecule has 0 saturated heterocycles. The van der Waals surface area contributed by atoms with Crippen molar-refractivity contribution in [1.29, 1.82) is 0 Å². The monoisotopic (exact) mass is 311 g/mol. The molecule has 2 rings (SSSR count). The largest absolute Gasteiger partial charge is 0.343 e. The van der Waals surface area contributed by atoms with Crippen LogP contribution in [0.2, 0.25) is 5.02 Å². The minimum atomic E-state index is -0.250. The fourth-order valence-electron chi connectivity index (χ4n) is 1.73. The van der Waals surface area contributed by atoms with Crippen molar-refractivity contribution in [1.82, 2.24) is 14.8 Å². The fraction of sp³-hybridized carbons (Fsp3) is 0.308. The lowest BCUT2D eigenvalue weighted by atomic mass is 10.1. The molecule has 1 N–H and O–H groups in total. The number of hydrogen-bond acceptors (Lipinski definition) is 4. The average molecular weight is 312 g/mol. The number of nitrogens with one attached hydrogen (secondary N) is 1. The van der Waals surface area contributed by atoms with Crippen molar-refractivity contribution < 1.29 is 4.79 Å². The number of rotatable bonds is 6. The summed E-state index contributed by atoms with van der Waals surface area (Å²) in [6.45, 7) is 2.56. The zero-order valence-electron chi connectivity index (χ0n) is 10.9. The molecule has 0 radical (unpaired) electrons. The molecule has 1 aromatic carbocycles. The molecule has 0 spiro atoms. The number of ketones is 1. The highest BCUT2D eigenvalue weighted by atomic mass is 35.5. The first-order valence-electron chi connectivity index (χ1n) is 6.19. The van der Waals surface area contributed by atoms with Gasteiger partial charge in [-0.15, -0.1) is 5.10 Å². The first kappa shape index (κ1) is 14.9. The Bertz CT molecular complexity index is 666. The molecule has 2 aromatic rings. The number of carbonyl (C=O) groups is 1. The second kappa shape index (κ2) is 6.76. The topological polar surface area (TPSA) is 67.8 Å². The number of carbonyl (C=O) groups excluding carboxylic acids is 1. The molecule has 20 heavy (non-hydrogen) atoms. The first-order chi connectivity index (χ1) is 9.63. The van der Waals surface area contributed by atoms with Crippen molar-refractivity contribution >= 4 is 29.1 Å². The van der Waals surface area contributed by atoms with E-state index in [1.165, 1.54) is 16.3 Å². The minimum Gasteiger partial charge on any atom is -0.293 e. The lowest BCUT2D eigenvalue weighted by molar-refractivity contribution is 0.102. The van der Waals surface area contributed by atoms with Gasteiger partial charge in [0.2, 0.25) is 0 Å². The Morgan fingerprint density at radius 3 is 2.90 bits per heavy atom. The summed E-state index contributed by atoms with van der Waals surface area (Å²) >= 11 is 7.21. The van der Waals surface area contributed by atoms with Crippen molar-refractivity contribution in [2.45, 2.75) is 25.0 Å². The molecular weight excluding hydrogens is 298 g/mol. The van der Waals surface area contributed by atoms with Crippen LogP contribution in [0.1, 0.15) is 23.7 Å². The van der Waals surface area contributed by atoms with E-state index in [4.69, 9.17) is 11.6 Å². The van der Waals surface area contributed by atoms with Gasteiger partial charge in [0, 0.05) is 12.1 Å². The van der Waals surface area contributed by atoms with E-state index in [0.717, 1.165) is 6.42 Å². The summed E-state index contributed by atoms with van der Waals surface area (Å²) in [5.74, 6) is 0.108. The van der Waals surface area contributed by atoms with Crippen LogP contribution in [0.15, 0.2) is 34.2 Å². The van der Waals surface area contributed by atoms with Crippen LogP contribution in [0, 0.1) is 0 Å². The zero-order chi connectivity index (χ0) is 14.5. The van der Waals surface area contributed by atoms with E-state index in [0.29, 0.717) is 22.3 Å². The molecule has 0 atom stereocenters. The highest BCUT2D eigenvalue weighted by molar-refractivity contribution is 7.99. The standard InChI is InChI=1S/C13H14ClN3O2S/c1-2-7-17-12(19)15-16-13(17)20-8-11(18)9-5-3-4-6-10(9)14/h3-6H,2,7-8H2,1H3,(H,15,19). The normalized spacial score (nSPS) is 10.7. The van der Waals surface area contributed by atoms with Crippen LogP contribution in [0.4, 0.5) is 0 Å². The van der Waals surface area contributed by atoms with Gasteiger partial charge in [-0.1, -0.05) is 42.4 Å². The third-order valence-electron chi connectivity index (χ3n) is 2.68. The summed E-state index contributed by atoms with van der Waals surface area (Å²) in [5.41, 5.74) is 0.237. The molecule has 0 aliphatic carbocycles. The number of hydrogen-bond donors (Lipinski definition) is 1. The number of aromatic nitrogens is 3. The lowest BCUT2D eigenvalue weighted by Crippen LogP contribution is -2.17. The van der Waals surface area contributed by atoms with Gasteiger partial charge in [-0.3, -0.25) is 9.36 Å². The molecule has 0 unspecified atom stereocenters. The van der Waals surface area contributed by atoms with Gasteiger partial charge in [0.1, 0.15) is 0 Å². The van der Waals surface area contributed by atoms with Gasteiger partial charge in [0.15, 0.2) is 10.9 Å². The number of benzene rings is 1. The molecule has 0 bridgehead atoms. The van der Waals surface area contributed by atoms with Gasteiger partial charge < -0.3 is 0 Å². The van der Waals surface area contributed by atoms with Gasteiger partial charge in [0.05, 0.1) is 10.8 Å². The summed E-state index contributed by atoms with van der Waals surface area (Å²) in [7, 11) is 0. The van der Waals surface area contributed by atoms with E-state index in [1.54, 1.807) is 24.3 Å². The average Bonchev–Trinajstić information content (AvgIpc) is 2.78. The molecule has 0 aliphatic rings. The van der Waals surface area contributed by atoms with E-state index < -0.39 is 0 Å². The Kier molecular flexibility index (Phi) is 5.03. The Hall–Kier alpha value is -1.53. The van der Waals surface area contributed by atoms with E-state index >= 15 is 0 Å². The van der Waals surface area contributed by atoms with Gasteiger partial charge in [-0.2, -0.15) is 0 Å². The van der Waals surface area contributed by atoms with Crippen molar-refractivity contribution in [3.63, 3.8) is 0 Å². The second-order valence-electron chi connectivity index (χ2n) is 4.15. The van der Waals surface area contributed by atoms with Gasteiger partial charge in [-0.05, 0) is 18.6 Å². The summed E-state index contributed by atoms with van der Waals surface area (Å²) in [4.78, 5) is 23.6. The molecule has 5 nitrogen and oxygen atoms in total. The second-order valence-corrected chi connectivity index (χ2v) is 5.50. The molecule has 7 heteroatoms. The predicted octanol–water partition coefficient (Wildman–Crippen LogP) is 2.61. The Morgan fingerprint density at radius 2 is 2.20 bits per heavy atom. The highest BCUT2D eigenvalue weighted by Gasteiger charge is 2.13. The van der Waals surface area contributed by atoms with Gasteiger partial charge in [-0.25, -0.2) is 9.89 Å². The van der Waals surface area contributed by atoms with Crippen LogP contribution in [-0.4, -0.2) is 26.3 Å². The van der Waals surface area contributed by atoms with E-state index in [9.17, 15) is 9.59 Å². The van der Waals surface area contributed by atoms with Crippen molar-refractivity contribution in [3.05, 3.63) is 45.3 Å². The van der Waals surface area contributed by atoms with Crippen LogP contribution >= 0.6 is 23.4 Å². The first-order valence-corrected chi connectivity index (χ1v) is 7.55.